The summed E-state index contributed by atoms with van der Waals surface area (Å²) >= 11 is 0. The third kappa shape index (κ3) is 2.35. The molecule has 21 heavy (non-hydrogen) atoms. The van der Waals surface area contributed by atoms with Crippen LogP contribution in [0.2, 0.25) is 0 Å². The van der Waals surface area contributed by atoms with Crippen LogP contribution in [0.25, 0.3) is 11.0 Å². The quantitative estimate of drug-likeness (QED) is 0.529. The number of rotatable bonds is 2. The molecule has 1 aliphatic rings. The first-order chi connectivity index (χ1) is 9.99. The van der Waals surface area contributed by atoms with Gasteiger partial charge in [-0.05, 0) is 0 Å². The number of aliphatic hydroxyl groups excluding tert-OH is 2. The molecule has 0 spiro atoms. The van der Waals surface area contributed by atoms with E-state index >= 15 is 0 Å². The van der Waals surface area contributed by atoms with Crippen molar-refractivity contribution in [1.29, 1.82) is 0 Å². The Morgan fingerprint density at radius 2 is 2.33 bits per heavy atom. The zero-order valence-corrected chi connectivity index (χ0v) is 11.3. The molecule has 0 amide bonds. The first-order valence-corrected chi connectivity index (χ1v) is 6.46. The molecule has 0 bridgehead atoms. The van der Waals surface area contributed by atoms with Gasteiger partial charge in [-0.1, -0.05) is 0 Å². The fourth-order valence-corrected chi connectivity index (χ4v) is 2.40. The molecular weight excluding hydrogens is 280 g/mol. The van der Waals surface area contributed by atoms with Crippen molar-refractivity contribution in [2.24, 2.45) is 7.05 Å². The van der Waals surface area contributed by atoms with Crippen LogP contribution in [0.5, 0.6) is 0 Å². The van der Waals surface area contributed by atoms with Crippen molar-refractivity contribution < 1.29 is 19.5 Å². The highest BCUT2D eigenvalue weighted by Crippen LogP contribution is 2.23. The fourth-order valence-electron chi connectivity index (χ4n) is 2.40. The first-order valence-electron chi connectivity index (χ1n) is 6.46. The van der Waals surface area contributed by atoms with E-state index in [0.717, 1.165) is 0 Å². The normalized spacial score (nSPS) is 25.6. The zero-order chi connectivity index (χ0) is 15.1. The van der Waals surface area contributed by atoms with E-state index in [2.05, 4.69) is 9.97 Å². The van der Waals surface area contributed by atoms with Crippen molar-refractivity contribution in [3.8, 4) is 0 Å². The smallest absolute Gasteiger partial charge is 0.394 e. The summed E-state index contributed by atoms with van der Waals surface area (Å²) in [6.45, 7) is -0.320. The largest absolute Gasteiger partial charge is 0.499 e. The molecular formula is C12H15N4O5+. The molecule has 2 aromatic rings. The van der Waals surface area contributed by atoms with Gasteiger partial charge in [0.2, 0.25) is 11.9 Å². The molecule has 0 radical (unpaired) electrons. The number of aliphatic hydroxyl groups is 2. The number of hydrogen-bond donors (Lipinski definition) is 3. The lowest BCUT2D eigenvalue weighted by atomic mass is 10.2. The molecule has 9 heteroatoms. The third-order valence-corrected chi connectivity index (χ3v) is 3.55. The molecule has 0 aliphatic carbocycles. The summed E-state index contributed by atoms with van der Waals surface area (Å²) in [6, 6.07) is 0. The van der Waals surface area contributed by atoms with Crippen molar-refractivity contribution in [1.82, 2.24) is 14.5 Å². The Labute approximate surface area is 118 Å². The second-order valence-electron chi connectivity index (χ2n) is 5.02. The third-order valence-electron chi connectivity index (χ3n) is 3.55. The van der Waals surface area contributed by atoms with Crippen LogP contribution in [0, 0.1) is 0 Å². The van der Waals surface area contributed by atoms with Gasteiger partial charge in [-0.2, -0.15) is 19.3 Å². The number of fused-ring (bicyclic) bond motifs is 1. The molecule has 2 aromatic heterocycles. The van der Waals surface area contributed by atoms with Crippen LogP contribution in [0.15, 0.2) is 22.0 Å². The minimum absolute atomic E-state index is 0.191. The molecule has 1 unspecified atom stereocenters. The molecule has 1 saturated heterocycles. The molecule has 3 heterocycles. The monoisotopic (exact) mass is 295 g/mol. The van der Waals surface area contributed by atoms with E-state index in [1.807, 2.05) is 0 Å². The molecule has 112 valence electrons. The highest BCUT2D eigenvalue weighted by atomic mass is 16.5. The molecule has 3 rings (SSSR count). The molecule has 9 nitrogen and oxygen atoms in total. The number of hydrogen-bond acceptors (Lipinski definition) is 6. The van der Waals surface area contributed by atoms with Gasteiger partial charge in [0.25, 0.3) is 0 Å². The van der Waals surface area contributed by atoms with E-state index < -0.39 is 29.8 Å². The van der Waals surface area contributed by atoms with Gasteiger partial charge in [0.05, 0.1) is 18.1 Å². The van der Waals surface area contributed by atoms with E-state index in [4.69, 9.17) is 9.84 Å². The average molecular weight is 295 g/mol. The molecule has 1 fully saturated rings. The van der Waals surface area contributed by atoms with E-state index in [-0.39, 0.29) is 18.7 Å². The van der Waals surface area contributed by atoms with Crippen LogP contribution in [-0.4, -0.2) is 43.6 Å². The SMILES string of the molecule is Cn1cc2c[n+]([C@H]3CC(O)[C@@H](CO)O3)c(=O)[nH]c2nc1=O. The lowest BCUT2D eigenvalue weighted by Gasteiger charge is -2.10. The Kier molecular flexibility index (Phi) is 3.32. The van der Waals surface area contributed by atoms with E-state index in [1.54, 1.807) is 13.2 Å². The second-order valence-corrected chi connectivity index (χ2v) is 5.02. The summed E-state index contributed by atoms with van der Waals surface area (Å²) in [5.74, 6) is 0. The lowest BCUT2D eigenvalue weighted by Crippen LogP contribution is -2.54. The van der Waals surface area contributed by atoms with Crippen LogP contribution < -0.4 is 15.9 Å². The summed E-state index contributed by atoms with van der Waals surface area (Å²) < 4.78 is 8.03. The zero-order valence-electron chi connectivity index (χ0n) is 11.3. The maximum Gasteiger partial charge on any atom is 0.499 e. The van der Waals surface area contributed by atoms with Crippen LogP contribution in [0.4, 0.5) is 0 Å². The number of aromatic amines is 1. The first kappa shape index (κ1) is 13.9. The van der Waals surface area contributed by atoms with Crippen molar-refractivity contribution >= 4 is 11.0 Å². The van der Waals surface area contributed by atoms with Crippen LogP contribution >= 0.6 is 0 Å². The van der Waals surface area contributed by atoms with Crippen molar-refractivity contribution in [2.75, 3.05) is 6.61 Å². The van der Waals surface area contributed by atoms with Crippen molar-refractivity contribution in [3.05, 3.63) is 33.4 Å². The number of H-pyrrole nitrogens is 1. The number of aromatic nitrogens is 4. The van der Waals surface area contributed by atoms with Crippen LogP contribution in [0.1, 0.15) is 12.6 Å². The van der Waals surface area contributed by atoms with Gasteiger partial charge >= 0.3 is 11.4 Å². The Morgan fingerprint density at radius 1 is 1.57 bits per heavy atom. The minimum Gasteiger partial charge on any atom is -0.394 e. The Morgan fingerprint density at radius 3 is 3.00 bits per heavy atom. The van der Waals surface area contributed by atoms with Crippen LogP contribution in [0.3, 0.4) is 0 Å². The summed E-state index contributed by atoms with van der Waals surface area (Å²) in [6.07, 6.45) is 1.03. The number of nitrogens with one attached hydrogen (secondary N) is 1. The summed E-state index contributed by atoms with van der Waals surface area (Å²) in [7, 11) is 1.56. The highest BCUT2D eigenvalue weighted by Gasteiger charge is 2.38. The number of ether oxygens (including phenoxy) is 1. The summed E-state index contributed by atoms with van der Waals surface area (Å²) in [5, 5.41) is 19.4. The van der Waals surface area contributed by atoms with Gasteiger partial charge in [0.15, 0.2) is 0 Å². The topological polar surface area (TPSA) is 121 Å². The number of aryl methyl sites for hydroxylation is 1. The van der Waals surface area contributed by atoms with E-state index in [1.165, 1.54) is 15.3 Å². The average Bonchev–Trinajstić information content (AvgIpc) is 2.81. The van der Waals surface area contributed by atoms with Crippen molar-refractivity contribution in [2.45, 2.75) is 24.9 Å². The lowest BCUT2D eigenvalue weighted by molar-refractivity contribution is -0.772. The molecule has 3 N–H and O–H groups in total. The summed E-state index contributed by atoms with van der Waals surface area (Å²) in [4.78, 5) is 29.8. The van der Waals surface area contributed by atoms with Crippen molar-refractivity contribution in [3.63, 3.8) is 0 Å². The Balaban J connectivity index is 2.08. The molecule has 1 aliphatic heterocycles. The number of nitrogens with zero attached hydrogens (tertiary/aromatic N) is 3. The Hall–Kier alpha value is -2.10. The van der Waals surface area contributed by atoms with Crippen LogP contribution in [-0.2, 0) is 11.8 Å². The molecule has 0 saturated carbocycles. The summed E-state index contributed by atoms with van der Waals surface area (Å²) in [5.41, 5.74) is -0.778. The van der Waals surface area contributed by atoms with Gasteiger partial charge in [-0.3, -0.25) is 0 Å². The maximum absolute atomic E-state index is 12.1. The standard InChI is InChI=1S/C12H14N4O5/c1-15-3-6-4-16(9-2-7(18)8(5-17)21-9)12(20)14-10(6)13-11(15)19/h3-4,7-9,17-18H,2,5H2,1H3/p+1/t7?,8-,9-/m1/s1. The van der Waals surface area contributed by atoms with E-state index in [9.17, 15) is 14.7 Å². The molecule has 3 atom stereocenters. The van der Waals surface area contributed by atoms with Gasteiger partial charge in [0, 0.05) is 19.7 Å². The maximum atomic E-state index is 12.1. The van der Waals surface area contributed by atoms with Gasteiger partial charge in [-0.15, -0.1) is 0 Å². The van der Waals surface area contributed by atoms with Gasteiger partial charge in [-0.25, -0.2) is 4.79 Å². The minimum atomic E-state index is -0.833. The van der Waals surface area contributed by atoms with Gasteiger partial charge in [0.1, 0.15) is 12.3 Å². The van der Waals surface area contributed by atoms with Gasteiger partial charge < -0.3 is 19.5 Å². The predicted molar refractivity (Wildman–Crippen MR) is 69.4 cm³/mol. The molecule has 0 aromatic carbocycles. The Bertz CT molecular complexity index is 798. The highest BCUT2D eigenvalue weighted by molar-refractivity contribution is 5.70. The fraction of sp³-hybridized carbons (Fsp3) is 0.500. The second kappa shape index (κ2) is 5.02. The predicted octanol–water partition coefficient (Wildman–Crippen LogP) is -2.45. The van der Waals surface area contributed by atoms with E-state index in [0.29, 0.717) is 5.39 Å².